The van der Waals surface area contributed by atoms with Crippen molar-refractivity contribution in [3.63, 3.8) is 0 Å². The van der Waals surface area contributed by atoms with Crippen LogP contribution in [0, 0.1) is 0 Å². The van der Waals surface area contributed by atoms with E-state index < -0.39 is 0 Å². The zero-order valence-corrected chi connectivity index (χ0v) is 14.0. The fourth-order valence-corrected chi connectivity index (χ4v) is 2.82. The number of aromatic hydroxyl groups is 1. The summed E-state index contributed by atoms with van der Waals surface area (Å²) in [5, 5.41) is 9.98. The van der Waals surface area contributed by atoms with E-state index in [4.69, 9.17) is 4.42 Å². The molecule has 1 aromatic carbocycles. The summed E-state index contributed by atoms with van der Waals surface area (Å²) in [4.78, 5) is 9.15. The minimum Gasteiger partial charge on any atom is -0.507 e. The van der Waals surface area contributed by atoms with Gasteiger partial charge in [-0.3, -0.25) is 4.40 Å². The van der Waals surface area contributed by atoms with Crippen LogP contribution < -0.4 is 0 Å². The second kappa shape index (κ2) is 5.98. The number of pyridine rings is 1. The molecule has 0 spiro atoms. The van der Waals surface area contributed by atoms with E-state index >= 15 is 0 Å². The first kappa shape index (κ1) is 14.7. The Morgan fingerprint density at radius 2 is 2.08 bits per heavy atom. The van der Waals surface area contributed by atoms with Gasteiger partial charge in [0, 0.05) is 22.4 Å². The number of hydrogen-bond acceptors (Lipinski definition) is 4. The summed E-state index contributed by atoms with van der Waals surface area (Å²) in [5.74, 6) is 1.44. The van der Waals surface area contributed by atoms with Crippen molar-refractivity contribution >= 4 is 33.6 Å². The minimum absolute atomic E-state index is 0.162. The molecule has 4 aromatic rings. The molecule has 0 fully saturated rings. The summed E-state index contributed by atoms with van der Waals surface area (Å²) in [6, 6.07) is 14.6. The van der Waals surface area contributed by atoms with Gasteiger partial charge in [0.1, 0.15) is 11.4 Å². The maximum Gasteiger partial charge on any atom is 0.168 e. The number of furan rings is 1. The monoisotopic (exact) mass is 381 g/mol. The molecular formula is C18H12BrN3O2. The number of benzene rings is 1. The summed E-state index contributed by atoms with van der Waals surface area (Å²) in [6.07, 6.45) is 5.11. The van der Waals surface area contributed by atoms with Crippen LogP contribution in [-0.4, -0.2) is 20.7 Å². The number of nitrogens with zero attached hydrogens (tertiary/aromatic N) is 3. The number of phenolic OH excluding ortho intramolecular Hbond substituents is 1. The molecule has 0 radical (unpaired) electrons. The Morgan fingerprint density at radius 3 is 2.92 bits per heavy atom. The van der Waals surface area contributed by atoms with E-state index in [9.17, 15) is 5.11 Å². The average molecular weight is 382 g/mol. The molecule has 6 heteroatoms. The Hall–Kier alpha value is -2.86. The molecule has 24 heavy (non-hydrogen) atoms. The third-order valence-corrected chi connectivity index (χ3v) is 4.07. The molecule has 3 aromatic heterocycles. The Labute approximate surface area is 146 Å². The van der Waals surface area contributed by atoms with Crippen LogP contribution in [0.2, 0.25) is 0 Å². The van der Waals surface area contributed by atoms with Crippen molar-refractivity contribution in [1.82, 2.24) is 9.38 Å². The molecule has 0 aliphatic rings. The Bertz CT molecular complexity index is 1040. The van der Waals surface area contributed by atoms with Crippen LogP contribution in [-0.2, 0) is 0 Å². The van der Waals surface area contributed by atoms with Crippen LogP contribution >= 0.6 is 15.9 Å². The normalized spacial score (nSPS) is 11.5. The summed E-state index contributed by atoms with van der Waals surface area (Å²) >= 11 is 3.40. The summed E-state index contributed by atoms with van der Waals surface area (Å²) in [7, 11) is 0. The predicted octanol–water partition coefficient (Wildman–Crippen LogP) is 4.81. The van der Waals surface area contributed by atoms with Gasteiger partial charge in [0.25, 0.3) is 0 Å². The van der Waals surface area contributed by atoms with Gasteiger partial charge in [0.2, 0.25) is 0 Å². The lowest BCUT2D eigenvalue weighted by Crippen LogP contribution is -1.85. The van der Waals surface area contributed by atoms with Gasteiger partial charge in [-0.05, 0) is 42.5 Å². The molecule has 0 bridgehead atoms. The molecule has 0 saturated carbocycles. The van der Waals surface area contributed by atoms with E-state index in [1.807, 2.05) is 40.9 Å². The smallest absolute Gasteiger partial charge is 0.168 e. The predicted molar refractivity (Wildman–Crippen MR) is 96.0 cm³/mol. The highest BCUT2D eigenvalue weighted by molar-refractivity contribution is 9.10. The fraction of sp³-hybridized carbons (Fsp3) is 0. The molecule has 5 nitrogen and oxygen atoms in total. The SMILES string of the molecule is Oc1ccc(Br)cc1/C=N/c1c(-c2ccco2)nc2ccccn12. The van der Waals surface area contributed by atoms with Gasteiger partial charge in [-0.1, -0.05) is 22.0 Å². The molecular weight excluding hydrogens is 370 g/mol. The first-order chi connectivity index (χ1) is 11.7. The number of phenols is 1. The van der Waals surface area contributed by atoms with Crippen LogP contribution in [0.1, 0.15) is 5.56 Å². The van der Waals surface area contributed by atoms with Gasteiger partial charge in [0.05, 0.1) is 6.26 Å². The maximum atomic E-state index is 9.98. The average Bonchev–Trinajstić information content (AvgIpc) is 3.23. The van der Waals surface area contributed by atoms with E-state index in [1.165, 1.54) is 0 Å². The first-order valence-corrected chi connectivity index (χ1v) is 8.05. The van der Waals surface area contributed by atoms with E-state index in [0.29, 0.717) is 22.8 Å². The van der Waals surface area contributed by atoms with Crippen molar-refractivity contribution < 1.29 is 9.52 Å². The minimum atomic E-state index is 0.162. The van der Waals surface area contributed by atoms with Gasteiger partial charge in [-0.15, -0.1) is 0 Å². The highest BCUT2D eigenvalue weighted by Crippen LogP contribution is 2.31. The van der Waals surface area contributed by atoms with Crippen LogP contribution in [0.15, 0.2) is 74.9 Å². The third-order valence-electron chi connectivity index (χ3n) is 3.57. The molecule has 0 amide bonds. The van der Waals surface area contributed by atoms with Gasteiger partial charge < -0.3 is 9.52 Å². The highest BCUT2D eigenvalue weighted by atomic mass is 79.9. The third kappa shape index (κ3) is 2.61. The molecule has 118 valence electrons. The lowest BCUT2D eigenvalue weighted by Gasteiger charge is -2.00. The number of halogens is 1. The van der Waals surface area contributed by atoms with E-state index in [2.05, 4.69) is 25.9 Å². The van der Waals surface area contributed by atoms with Crippen LogP contribution in [0.3, 0.4) is 0 Å². The number of aliphatic imine (C=N–C) groups is 1. The summed E-state index contributed by atoms with van der Waals surface area (Å²) < 4.78 is 8.22. The fourth-order valence-electron chi connectivity index (χ4n) is 2.44. The van der Waals surface area contributed by atoms with Gasteiger partial charge in [0.15, 0.2) is 17.3 Å². The lowest BCUT2D eigenvalue weighted by atomic mass is 10.2. The topological polar surface area (TPSA) is 63.0 Å². The van der Waals surface area contributed by atoms with Gasteiger partial charge >= 0.3 is 0 Å². The number of rotatable bonds is 3. The van der Waals surface area contributed by atoms with Crippen LogP contribution in [0.5, 0.6) is 5.75 Å². The molecule has 0 unspecified atom stereocenters. The van der Waals surface area contributed by atoms with Crippen molar-refractivity contribution in [3.8, 4) is 17.2 Å². The highest BCUT2D eigenvalue weighted by Gasteiger charge is 2.15. The van der Waals surface area contributed by atoms with E-state index in [1.54, 1.807) is 30.7 Å². The molecule has 0 atom stereocenters. The van der Waals surface area contributed by atoms with Crippen molar-refractivity contribution in [2.75, 3.05) is 0 Å². The maximum absolute atomic E-state index is 9.98. The molecule has 1 N–H and O–H groups in total. The zero-order chi connectivity index (χ0) is 16.5. The first-order valence-electron chi connectivity index (χ1n) is 7.26. The second-order valence-electron chi connectivity index (χ2n) is 5.15. The molecule has 0 aliphatic heterocycles. The van der Waals surface area contributed by atoms with E-state index in [-0.39, 0.29) is 5.75 Å². The Kier molecular flexibility index (Phi) is 3.66. The van der Waals surface area contributed by atoms with Gasteiger partial charge in [-0.25, -0.2) is 9.98 Å². The number of aromatic nitrogens is 2. The molecule has 0 saturated heterocycles. The second-order valence-corrected chi connectivity index (χ2v) is 6.07. The molecule has 0 aliphatic carbocycles. The summed E-state index contributed by atoms with van der Waals surface area (Å²) in [5.41, 5.74) is 2.03. The molecule has 4 rings (SSSR count). The standard InChI is InChI=1S/C18H12BrN3O2/c19-13-6-7-14(23)12(10-13)11-20-18-17(15-4-3-9-24-15)21-16-5-1-2-8-22(16)18/h1-11,23H/b20-11+. The molecule has 3 heterocycles. The van der Waals surface area contributed by atoms with E-state index in [0.717, 1.165) is 10.1 Å². The Morgan fingerprint density at radius 1 is 1.17 bits per heavy atom. The van der Waals surface area contributed by atoms with Crippen LogP contribution in [0.25, 0.3) is 17.1 Å². The number of hydrogen-bond donors (Lipinski definition) is 1. The van der Waals surface area contributed by atoms with Crippen molar-refractivity contribution in [2.45, 2.75) is 0 Å². The lowest BCUT2D eigenvalue weighted by molar-refractivity contribution is 0.474. The van der Waals surface area contributed by atoms with Crippen molar-refractivity contribution in [1.29, 1.82) is 0 Å². The van der Waals surface area contributed by atoms with Gasteiger partial charge in [-0.2, -0.15) is 0 Å². The number of fused-ring (bicyclic) bond motifs is 1. The van der Waals surface area contributed by atoms with Crippen LogP contribution in [0.4, 0.5) is 5.82 Å². The number of imidazole rings is 1. The van der Waals surface area contributed by atoms with Crippen molar-refractivity contribution in [2.24, 2.45) is 4.99 Å². The summed E-state index contributed by atoms with van der Waals surface area (Å²) in [6.45, 7) is 0. The largest absolute Gasteiger partial charge is 0.507 e. The zero-order valence-electron chi connectivity index (χ0n) is 12.4. The quantitative estimate of drug-likeness (QED) is 0.517. The van der Waals surface area contributed by atoms with Crippen molar-refractivity contribution in [3.05, 3.63) is 71.0 Å². The Balaban J connectivity index is 1.87.